The highest BCUT2D eigenvalue weighted by molar-refractivity contribution is 5.71. The lowest BCUT2D eigenvalue weighted by Crippen LogP contribution is -2.49. The summed E-state index contributed by atoms with van der Waals surface area (Å²) in [6, 6.07) is 9.90. The second-order valence-electron chi connectivity index (χ2n) is 7.86. The summed E-state index contributed by atoms with van der Waals surface area (Å²) in [4.78, 5) is 4.04. The number of aromatic nitrogens is 3. The Labute approximate surface area is 197 Å². The van der Waals surface area contributed by atoms with E-state index in [2.05, 4.69) is 10.1 Å². The molecule has 0 fully saturated rings. The second-order valence-corrected chi connectivity index (χ2v) is 7.86. The first-order valence-corrected chi connectivity index (χ1v) is 10.6. The summed E-state index contributed by atoms with van der Waals surface area (Å²) in [7, 11) is 1.26. The van der Waals surface area contributed by atoms with Crippen molar-refractivity contribution in [3.63, 3.8) is 0 Å². The lowest BCUT2D eigenvalue weighted by Gasteiger charge is -2.35. The summed E-state index contributed by atoms with van der Waals surface area (Å²) >= 11 is 0. The third kappa shape index (κ3) is 4.34. The molecule has 0 amide bonds. The van der Waals surface area contributed by atoms with E-state index in [0.29, 0.717) is 11.2 Å². The Morgan fingerprint density at radius 1 is 1.09 bits per heavy atom. The van der Waals surface area contributed by atoms with Crippen LogP contribution in [0.3, 0.4) is 0 Å². The van der Waals surface area contributed by atoms with Crippen molar-refractivity contribution in [2.75, 3.05) is 19.5 Å². The SMILES string of the molecule is CCC(F)(F)C(O)(COc1c(OC)ccc(-c2ccn3nc(N)nc3c2)c1F)c1ccc(F)cc1. The summed E-state index contributed by atoms with van der Waals surface area (Å²) in [5, 5.41) is 15.0. The molecule has 0 spiro atoms. The summed E-state index contributed by atoms with van der Waals surface area (Å²) in [6.45, 7) is 0.152. The average molecular weight is 490 g/mol. The smallest absolute Gasteiger partial charge is 0.283 e. The van der Waals surface area contributed by atoms with Crippen LogP contribution in [0.15, 0.2) is 54.7 Å². The van der Waals surface area contributed by atoms with Gasteiger partial charge in [0.1, 0.15) is 12.4 Å². The molecule has 0 aliphatic carbocycles. The molecule has 1 atom stereocenters. The number of hydrogen-bond donors (Lipinski definition) is 2. The normalized spacial score (nSPS) is 13.6. The monoisotopic (exact) mass is 490 g/mol. The Balaban J connectivity index is 1.74. The first-order chi connectivity index (χ1) is 16.6. The molecule has 7 nitrogen and oxygen atoms in total. The van der Waals surface area contributed by atoms with Crippen molar-refractivity contribution in [2.45, 2.75) is 24.9 Å². The fourth-order valence-corrected chi connectivity index (χ4v) is 3.72. The number of nitrogens with two attached hydrogens (primary N) is 1. The Kier molecular flexibility index (Phi) is 6.28. The molecule has 3 N–H and O–H groups in total. The number of hydrogen-bond acceptors (Lipinski definition) is 6. The third-order valence-corrected chi connectivity index (χ3v) is 5.74. The van der Waals surface area contributed by atoms with Crippen molar-refractivity contribution in [1.82, 2.24) is 14.6 Å². The Morgan fingerprint density at radius 3 is 2.46 bits per heavy atom. The van der Waals surface area contributed by atoms with Crippen LogP contribution >= 0.6 is 0 Å². The van der Waals surface area contributed by atoms with Gasteiger partial charge in [-0.25, -0.2) is 22.1 Å². The zero-order chi connectivity index (χ0) is 25.4. The number of ether oxygens (including phenoxy) is 2. The van der Waals surface area contributed by atoms with E-state index in [-0.39, 0.29) is 22.8 Å². The highest BCUT2D eigenvalue weighted by Crippen LogP contribution is 2.43. The van der Waals surface area contributed by atoms with E-state index in [0.717, 1.165) is 24.3 Å². The van der Waals surface area contributed by atoms with Gasteiger partial charge in [0.2, 0.25) is 5.95 Å². The summed E-state index contributed by atoms with van der Waals surface area (Å²) in [6.07, 6.45) is 0.790. The standard InChI is InChI=1S/C24H22F4N4O3/c1-3-24(27,28)23(33,15-4-6-16(25)7-5-15)13-35-21-18(34-2)9-8-17(20(21)26)14-10-11-32-19(12-14)30-22(29)31-32/h4-12,33H,3,13H2,1-2H3,(H2,29,31). The number of rotatable bonds is 8. The van der Waals surface area contributed by atoms with Crippen molar-refractivity contribution in [2.24, 2.45) is 0 Å². The van der Waals surface area contributed by atoms with E-state index in [4.69, 9.17) is 15.2 Å². The number of nitrogens with zero attached hydrogens (tertiary/aromatic N) is 3. The fraction of sp³-hybridized carbons (Fsp3) is 0.250. The molecular formula is C24H22F4N4O3. The van der Waals surface area contributed by atoms with Crippen molar-refractivity contribution in [3.05, 3.63) is 71.9 Å². The maximum absolute atomic E-state index is 15.6. The molecule has 2 heterocycles. The molecule has 35 heavy (non-hydrogen) atoms. The maximum atomic E-state index is 15.6. The van der Waals surface area contributed by atoms with E-state index in [9.17, 15) is 18.3 Å². The topological polar surface area (TPSA) is 94.9 Å². The number of methoxy groups -OCH3 is 1. The van der Waals surface area contributed by atoms with Crippen LogP contribution in [0.5, 0.6) is 11.5 Å². The van der Waals surface area contributed by atoms with Gasteiger partial charge in [-0.15, -0.1) is 5.10 Å². The Hall–Kier alpha value is -3.86. The van der Waals surface area contributed by atoms with Gasteiger partial charge in [0.25, 0.3) is 5.92 Å². The molecule has 0 aliphatic heterocycles. The molecular weight excluding hydrogens is 468 g/mol. The minimum atomic E-state index is -3.68. The molecule has 4 aromatic rings. The zero-order valence-corrected chi connectivity index (χ0v) is 18.8. The van der Waals surface area contributed by atoms with Crippen molar-refractivity contribution >= 4 is 11.6 Å². The van der Waals surface area contributed by atoms with Crippen molar-refractivity contribution in [3.8, 4) is 22.6 Å². The number of alkyl halides is 2. The van der Waals surface area contributed by atoms with Crippen LogP contribution < -0.4 is 15.2 Å². The van der Waals surface area contributed by atoms with E-state index in [1.54, 1.807) is 6.07 Å². The summed E-state index contributed by atoms with van der Waals surface area (Å²) in [5.41, 5.74) is 3.26. The molecule has 0 saturated heterocycles. The number of pyridine rings is 1. The molecule has 11 heteroatoms. The molecule has 4 rings (SSSR count). The maximum Gasteiger partial charge on any atom is 0.283 e. The fourth-order valence-electron chi connectivity index (χ4n) is 3.72. The van der Waals surface area contributed by atoms with Crippen LogP contribution in [0.25, 0.3) is 16.8 Å². The number of anilines is 1. The second kappa shape index (κ2) is 9.06. The predicted molar refractivity (Wildman–Crippen MR) is 120 cm³/mol. The van der Waals surface area contributed by atoms with Gasteiger partial charge in [0, 0.05) is 18.2 Å². The highest BCUT2D eigenvalue weighted by atomic mass is 19.3. The molecule has 184 valence electrons. The lowest BCUT2D eigenvalue weighted by atomic mass is 9.86. The van der Waals surface area contributed by atoms with Gasteiger partial charge in [0.15, 0.2) is 28.6 Å². The quantitative estimate of drug-likeness (QED) is 0.351. The van der Waals surface area contributed by atoms with Gasteiger partial charge in [-0.2, -0.15) is 4.98 Å². The largest absolute Gasteiger partial charge is 0.493 e. The zero-order valence-electron chi connectivity index (χ0n) is 18.8. The Bertz CT molecular complexity index is 1360. The first-order valence-electron chi connectivity index (χ1n) is 10.6. The van der Waals surface area contributed by atoms with Crippen LogP contribution in [0.2, 0.25) is 0 Å². The van der Waals surface area contributed by atoms with Gasteiger partial charge in [-0.05, 0) is 47.5 Å². The van der Waals surface area contributed by atoms with Gasteiger partial charge in [-0.1, -0.05) is 19.1 Å². The molecule has 0 aliphatic rings. The Morgan fingerprint density at radius 2 is 1.80 bits per heavy atom. The molecule has 2 aromatic heterocycles. The molecule has 1 unspecified atom stereocenters. The number of aliphatic hydroxyl groups is 1. The van der Waals surface area contributed by atoms with Gasteiger partial charge < -0.3 is 20.3 Å². The van der Waals surface area contributed by atoms with E-state index < -0.39 is 41.9 Å². The minimum absolute atomic E-state index is 0.0401. The van der Waals surface area contributed by atoms with Crippen LogP contribution in [-0.4, -0.2) is 39.3 Å². The van der Waals surface area contributed by atoms with Crippen LogP contribution in [0.4, 0.5) is 23.5 Å². The summed E-state index contributed by atoms with van der Waals surface area (Å²) < 4.78 is 70.8. The average Bonchev–Trinajstić information content (AvgIpc) is 3.22. The van der Waals surface area contributed by atoms with Crippen LogP contribution in [0.1, 0.15) is 18.9 Å². The number of fused-ring (bicyclic) bond motifs is 1. The molecule has 0 bridgehead atoms. The first kappa shape index (κ1) is 24.3. The third-order valence-electron chi connectivity index (χ3n) is 5.74. The van der Waals surface area contributed by atoms with Crippen molar-refractivity contribution in [1.29, 1.82) is 0 Å². The molecule has 0 saturated carbocycles. The van der Waals surface area contributed by atoms with Crippen LogP contribution in [-0.2, 0) is 5.60 Å². The highest BCUT2D eigenvalue weighted by Gasteiger charge is 2.53. The van der Waals surface area contributed by atoms with Gasteiger partial charge in [0.05, 0.1) is 7.11 Å². The number of nitrogen functional groups attached to an aromatic ring is 1. The predicted octanol–water partition coefficient (Wildman–Crippen LogP) is 4.58. The number of halogens is 4. The minimum Gasteiger partial charge on any atom is -0.493 e. The van der Waals surface area contributed by atoms with E-state index in [1.165, 1.54) is 42.9 Å². The molecule has 0 radical (unpaired) electrons. The van der Waals surface area contributed by atoms with E-state index >= 15 is 4.39 Å². The summed E-state index contributed by atoms with van der Waals surface area (Å²) in [5.74, 6) is -5.74. The van der Waals surface area contributed by atoms with Crippen LogP contribution in [0, 0.1) is 11.6 Å². The molecule has 2 aromatic carbocycles. The van der Waals surface area contributed by atoms with E-state index in [1.807, 2.05) is 0 Å². The van der Waals surface area contributed by atoms with Gasteiger partial charge in [-0.3, -0.25) is 0 Å². The lowest BCUT2D eigenvalue weighted by molar-refractivity contribution is -0.203. The number of benzene rings is 2. The van der Waals surface area contributed by atoms with Crippen molar-refractivity contribution < 1.29 is 32.1 Å². The van der Waals surface area contributed by atoms with Gasteiger partial charge >= 0.3 is 0 Å².